The second-order valence-electron chi connectivity index (χ2n) is 4.76. The third-order valence-electron chi connectivity index (χ3n) is 3.05. The van der Waals surface area contributed by atoms with Crippen molar-refractivity contribution in [1.82, 2.24) is 14.9 Å². The van der Waals surface area contributed by atoms with Gasteiger partial charge in [-0.1, -0.05) is 0 Å². The fraction of sp³-hybridized carbons (Fsp3) is 0.267. The summed E-state index contributed by atoms with van der Waals surface area (Å²) in [6, 6.07) is 6.90. The quantitative estimate of drug-likeness (QED) is 0.919. The van der Waals surface area contributed by atoms with E-state index in [0.717, 1.165) is 0 Å². The Bertz CT molecular complexity index is 701. The third-order valence-corrected chi connectivity index (χ3v) is 3.05. The fourth-order valence-electron chi connectivity index (χ4n) is 1.95. The third kappa shape index (κ3) is 3.08. The van der Waals surface area contributed by atoms with Crippen LogP contribution in [0.1, 0.15) is 10.5 Å². The molecule has 1 amide bonds. The lowest BCUT2D eigenvalue weighted by molar-refractivity contribution is 0.0822. The molecule has 0 bridgehead atoms. The number of benzene rings is 1. The molecule has 22 heavy (non-hydrogen) atoms. The lowest BCUT2D eigenvalue weighted by atomic mass is 10.1. The number of carbonyl (C=O) groups excluding carboxylic acids is 1. The van der Waals surface area contributed by atoms with Crippen molar-refractivity contribution < 1.29 is 14.3 Å². The van der Waals surface area contributed by atoms with Crippen LogP contribution in [-0.4, -0.2) is 49.1 Å². The summed E-state index contributed by atoms with van der Waals surface area (Å²) in [7, 11) is 6.42. The zero-order valence-corrected chi connectivity index (χ0v) is 13.0. The highest BCUT2D eigenvalue weighted by atomic mass is 16.5. The van der Waals surface area contributed by atoms with Crippen LogP contribution in [-0.2, 0) is 0 Å². The summed E-state index contributed by atoms with van der Waals surface area (Å²) in [6.07, 6.45) is 0. The number of hydrogen-bond acceptors (Lipinski definition) is 6. The fourth-order valence-corrected chi connectivity index (χ4v) is 1.95. The number of ether oxygens (including phenoxy) is 2. The predicted octanol–water partition coefficient (Wildman–Crippen LogP) is 1.44. The molecule has 0 saturated heterocycles. The van der Waals surface area contributed by atoms with Crippen LogP contribution < -0.4 is 15.2 Å². The number of methoxy groups -OCH3 is 2. The first kappa shape index (κ1) is 15.6. The van der Waals surface area contributed by atoms with Gasteiger partial charge in [-0.05, 0) is 18.2 Å². The van der Waals surface area contributed by atoms with E-state index in [1.54, 1.807) is 52.6 Å². The molecule has 7 heteroatoms. The second-order valence-corrected chi connectivity index (χ2v) is 4.76. The molecule has 0 fully saturated rings. The van der Waals surface area contributed by atoms with Crippen molar-refractivity contribution in [2.24, 2.45) is 0 Å². The van der Waals surface area contributed by atoms with Gasteiger partial charge in [0.2, 0.25) is 5.95 Å². The van der Waals surface area contributed by atoms with Crippen LogP contribution in [0.5, 0.6) is 11.5 Å². The number of amides is 1. The number of rotatable bonds is 4. The molecule has 0 aliphatic carbocycles. The number of aromatic nitrogens is 2. The van der Waals surface area contributed by atoms with Gasteiger partial charge in [-0.3, -0.25) is 4.79 Å². The first-order valence-corrected chi connectivity index (χ1v) is 6.55. The van der Waals surface area contributed by atoms with E-state index in [4.69, 9.17) is 15.2 Å². The Hall–Kier alpha value is -2.83. The minimum absolute atomic E-state index is 0.0283. The second kappa shape index (κ2) is 6.30. The summed E-state index contributed by atoms with van der Waals surface area (Å²) in [5.41, 5.74) is 7.16. The number of nitrogen functional groups attached to an aromatic ring is 1. The molecule has 0 atom stereocenters. The number of nitrogens with two attached hydrogens (primary N) is 1. The molecule has 2 N–H and O–H groups in total. The van der Waals surface area contributed by atoms with Gasteiger partial charge in [0, 0.05) is 25.7 Å². The highest BCUT2D eigenvalue weighted by Crippen LogP contribution is 2.32. The highest BCUT2D eigenvalue weighted by molar-refractivity contribution is 5.93. The van der Waals surface area contributed by atoms with Crippen LogP contribution in [0.2, 0.25) is 0 Å². The minimum atomic E-state index is -0.247. The Balaban J connectivity index is 2.55. The van der Waals surface area contributed by atoms with Crippen LogP contribution in [0.25, 0.3) is 11.3 Å². The number of hydrogen-bond donors (Lipinski definition) is 1. The molecular weight excluding hydrogens is 284 g/mol. The molecule has 7 nitrogen and oxygen atoms in total. The molecule has 0 aliphatic heterocycles. The molecule has 0 spiro atoms. The zero-order valence-electron chi connectivity index (χ0n) is 13.0. The first-order valence-electron chi connectivity index (χ1n) is 6.55. The van der Waals surface area contributed by atoms with Gasteiger partial charge in [-0.15, -0.1) is 0 Å². The summed E-state index contributed by atoms with van der Waals surface area (Å²) >= 11 is 0. The minimum Gasteiger partial charge on any atom is -0.497 e. The monoisotopic (exact) mass is 302 g/mol. The molecule has 1 heterocycles. The maximum absolute atomic E-state index is 12.1. The number of carbonyl (C=O) groups is 1. The van der Waals surface area contributed by atoms with Crippen LogP contribution in [0.3, 0.4) is 0 Å². The smallest absolute Gasteiger partial charge is 0.272 e. The summed E-state index contributed by atoms with van der Waals surface area (Å²) in [5.74, 6) is 1.01. The normalized spacial score (nSPS) is 10.2. The van der Waals surface area contributed by atoms with E-state index in [9.17, 15) is 4.79 Å². The maximum Gasteiger partial charge on any atom is 0.272 e. The van der Waals surface area contributed by atoms with Crippen molar-refractivity contribution in [2.75, 3.05) is 34.0 Å². The molecule has 1 aromatic carbocycles. The zero-order chi connectivity index (χ0) is 16.3. The van der Waals surface area contributed by atoms with Crippen molar-refractivity contribution in [1.29, 1.82) is 0 Å². The van der Waals surface area contributed by atoms with Crippen LogP contribution in [0.15, 0.2) is 24.3 Å². The van der Waals surface area contributed by atoms with Crippen molar-refractivity contribution in [3.05, 3.63) is 30.0 Å². The van der Waals surface area contributed by atoms with E-state index in [2.05, 4.69) is 9.97 Å². The molecule has 2 rings (SSSR count). The van der Waals surface area contributed by atoms with Gasteiger partial charge >= 0.3 is 0 Å². The Morgan fingerprint density at radius 1 is 1.14 bits per heavy atom. The van der Waals surface area contributed by atoms with E-state index < -0.39 is 0 Å². The molecule has 116 valence electrons. The van der Waals surface area contributed by atoms with Gasteiger partial charge < -0.3 is 20.1 Å². The maximum atomic E-state index is 12.1. The van der Waals surface area contributed by atoms with Crippen LogP contribution in [0, 0.1) is 0 Å². The van der Waals surface area contributed by atoms with Gasteiger partial charge in [0.25, 0.3) is 5.91 Å². The topological polar surface area (TPSA) is 90.6 Å². The molecule has 2 aromatic rings. The number of anilines is 1. The summed E-state index contributed by atoms with van der Waals surface area (Å²) < 4.78 is 10.5. The van der Waals surface area contributed by atoms with E-state index in [1.807, 2.05) is 0 Å². The van der Waals surface area contributed by atoms with Gasteiger partial charge in [0.05, 0.1) is 19.9 Å². The predicted molar refractivity (Wildman–Crippen MR) is 83.0 cm³/mol. The molecule has 0 radical (unpaired) electrons. The molecule has 0 saturated carbocycles. The van der Waals surface area contributed by atoms with Crippen molar-refractivity contribution in [2.45, 2.75) is 0 Å². The van der Waals surface area contributed by atoms with Gasteiger partial charge in [-0.2, -0.15) is 0 Å². The Morgan fingerprint density at radius 3 is 2.45 bits per heavy atom. The van der Waals surface area contributed by atoms with E-state index >= 15 is 0 Å². The average Bonchev–Trinajstić information content (AvgIpc) is 2.52. The molecular formula is C15H18N4O3. The van der Waals surface area contributed by atoms with Crippen LogP contribution in [0.4, 0.5) is 5.95 Å². The Labute approximate surface area is 128 Å². The number of nitrogens with zero attached hydrogens (tertiary/aromatic N) is 3. The highest BCUT2D eigenvalue weighted by Gasteiger charge is 2.16. The largest absolute Gasteiger partial charge is 0.497 e. The molecule has 0 aliphatic rings. The SMILES string of the molecule is COc1ccc(-c2cc(C(=O)N(C)C)nc(N)n2)c(OC)c1. The van der Waals surface area contributed by atoms with Crippen molar-refractivity contribution in [3.63, 3.8) is 0 Å². The van der Waals surface area contributed by atoms with Crippen molar-refractivity contribution >= 4 is 11.9 Å². The Morgan fingerprint density at radius 2 is 1.86 bits per heavy atom. The summed E-state index contributed by atoms with van der Waals surface area (Å²) in [5, 5.41) is 0. The molecule has 0 unspecified atom stereocenters. The lowest BCUT2D eigenvalue weighted by Gasteiger charge is -2.13. The van der Waals surface area contributed by atoms with Gasteiger partial charge in [0.1, 0.15) is 17.2 Å². The Kier molecular flexibility index (Phi) is 4.45. The standard InChI is InChI=1S/C15H18N4O3/c1-19(2)14(20)12-8-11(17-15(16)18-12)10-6-5-9(21-3)7-13(10)22-4/h5-8H,1-4H3,(H2,16,17,18). The van der Waals surface area contributed by atoms with Gasteiger partial charge in [-0.25, -0.2) is 9.97 Å². The van der Waals surface area contributed by atoms with Gasteiger partial charge in [0.15, 0.2) is 0 Å². The van der Waals surface area contributed by atoms with E-state index in [1.165, 1.54) is 4.90 Å². The van der Waals surface area contributed by atoms with E-state index in [0.29, 0.717) is 22.8 Å². The average molecular weight is 302 g/mol. The first-order chi connectivity index (χ1) is 10.5. The van der Waals surface area contributed by atoms with Crippen molar-refractivity contribution in [3.8, 4) is 22.8 Å². The summed E-state index contributed by atoms with van der Waals surface area (Å²) in [6.45, 7) is 0. The van der Waals surface area contributed by atoms with E-state index in [-0.39, 0.29) is 17.5 Å². The summed E-state index contributed by atoms with van der Waals surface area (Å²) in [4.78, 5) is 21.7. The lowest BCUT2D eigenvalue weighted by Crippen LogP contribution is -2.23. The van der Waals surface area contributed by atoms with Crippen LogP contribution >= 0.6 is 0 Å². The molecule has 1 aromatic heterocycles.